The highest BCUT2D eigenvalue weighted by atomic mass is 16.6. The lowest BCUT2D eigenvalue weighted by Crippen LogP contribution is -2.33. The minimum Gasteiger partial charge on any atom is -0.393 e. The summed E-state index contributed by atoms with van der Waals surface area (Å²) >= 11 is 0. The van der Waals surface area contributed by atoms with Crippen LogP contribution in [0.25, 0.3) is 0 Å². The minimum absolute atomic E-state index is 0.0735. The normalized spacial score (nSPS) is 22.5. The fourth-order valence-electron chi connectivity index (χ4n) is 2.58. The molecule has 6 nitrogen and oxygen atoms in total. The molecule has 1 aromatic carbocycles. The van der Waals surface area contributed by atoms with Gasteiger partial charge < -0.3 is 10.6 Å². The van der Waals surface area contributed by atoms with Crippen molar-refractivity contribution in [1.82, 2.24) is 4.90 Å². The van der Waals surface area contributed by atoms with Crippen molar-refractivity contribution in [3.8, 4) is 0 Å². The topological polar surface area (TPSA) is 89.5 Å². The average Bonchev–Trinajstić information content (AvgIpc) is 2.68. The Labute approximate surface area is 111 Å². The maximum Gasteiger partial charge on any atom is 0.292 e. The lowest BCUT2D eigenvalue weighted by molar-refractivity contribution is -0.383. The predicted octanol–water partition coefficient (Wildman–Crippen LogP) is 2.05. The standard InChI is InChI=1S/C13H17N3O3/c1-8-5-9(2)15(7-8)13(17)10-3-4-11(14)12(6-10)16(18)19/h3-4,6,8-9H,5,7,14H2,1-2H3. The van der Waals surface area contributed by atoms with Gasteiger partial charge in [-0.05, 0) is 31.4 Å². The molecule has 19 heavy (non-hydrogen) atoms. The summed E-state index contributed by atoms with van der Waals surface area (Å²) in [6.45, 7) is 4.78. The third-order valence-corrected chi connectivity index (χ3v) is 3.52. The Kier molecular flexibility index (Phi) is 3.42. The van der Waals surface area contributed by atoms with E-state index in [0.717, 1.165) is 6.42 Å². The first-order valence-corrected chi connectivity index (χ1v) is 6.25. The number of nitrogen functional groups attached to an aromatic ring is 1. The van der Waals surface area contributed by atoms with E-state index in [1.54, 1.807) is 11.0 Å². The summed E-state index contributed by atoms with van der Waals surface area (Å²) < 4.78 is 0. The number of nitro groups is 1. The molecule has 2 N–H and O–H groups in total. The number of nitro benzene ring substituents is 1. The number of rotatable bonds is 2. The van der Waals surface area contributed by atoms with Crippen LogP contribution in [-0.2, 0) is 0 Å². The van der Waals surface area contributed by atoms with E-state index in [1.807, 2.05) is 6.92 Å². The minimum atomic E-state index is -0.567. The van der Waals surface area contributed by atoms with Gasteiger partial charge in [0, 0.05) is 24.2 Å². The van der Waals surface area contributed by atoms with Crippen LogP contribution in [0.1, 0.15) is 30.6 Å². The molecule has 1 aliphatic rings. The molecule has 0 radical (unpaired) electrons. The largest absolute Gasteiger partial charge is 0.393 e. The van der Waals surface area contributed by atoms with Crippen LogP contribution in [0.5, 0.6) is 0 Å². The Hall–Kier alpha value is -2.11. The van der Waals surface area contributed by atoms with Crippen LogP contribution in [0.4, 0.5) is 11.4 Å². The van der Waals surface area contributed by atoms with Gasteiger partial charge in [-0.2, -0.15) is 0 Å². The Morgan fingerprint density at radius 3 is 2.68 bits per heavy atom. The van der Waals surface area contributed by atoms with Gasteiger partial charge in [0.15, 0.2) is 0 Å². The first-order chi connectivity index (χ1) is 8.90. The molecule has 1 aromatic rings. The fraction of sp³-hybridized carbons (Fsp3) is 0.462. The highest BCUT2D eigenvalue weighted by molar-refractivity contribution is 5.96. The van der Waals surface area contributed by atoms with Crippen molar-refractivity contribution >= 4 is 17.3 Å². The van der Waals surface area contributed by atoms with Gasteiger partial charge in [-0.3, -0.25) is 14.9 Å². The first kappa shape index (κ1) is 13.3. The Morgan fingerprint density at radius 1 is 1.47 bits per heavy atom. The lowest BCUT2D eigenvalue weighted by Gasteiger charge is -2.21. The number of benzene rings is 1. The maximum atomic E-state index is 12.4. The van der Waals surface area contributed by atoms with E-state index in [9.17, 15) is 14.9 Å². The number of amides is 1. The zero-order chi connectivity index (χ0) is 14.2. The number of hydrogen-bond donors (Lipinski definition) is 1. The Balaban J connectivity index is 2.29. The number of nitrogens with two attached hydrogens (primary N) is 1. The second-order valence-electron chi connectivity index (χ2n) is 5.18. The van der Waals surface area contributed by atoms with E-state index >= 15 is 0 Å². The van der Waals surface area contributed by atoms with E-state index in [1.165, 1.54) is 12.1 Å². The second-order valence-corrected chi connectivity index (χ2v) is 5.18. The summed E-state index contributed by atoms with van der Waals surface area (Å²) in [7, 11) is 0. The van der Waals surface area contributed by atoms with Gasteiger partial charge in [0.2, 0.25) is 0 Å². The van der Waals surface area contributed by atoms with Crippen LogP contribution in [0.3, 0.4) is 0 Å². The number of carbonyl (C=O) groups excluding carboxylic acids is 1. The molecule has 102 valence electrons. The molecule has 1 heterocycles. The molecule has 0 bridgehead atoms. The van der Waals surface area contributed by atoms with Gasteiger partial charge in [0.1, 0.15) is 5.69 Å². The summed E-state index contributed by atoms with van der Waals surface area (Å²) in [5, 5.41) is 10.8. The van der Waals surface area contributed by atoms with Crippen LogP contribution in [0, 0.1) is 16.0 Å². The van der Waals surface area contributed by atoms with Crippen LogP contribution in [-0.4, -0.2) is 28.3 Å². The van der Waals surface area contributed by atoms with E-state index in [4.69, 9.17) is 5.73 Å². The Bertz CT molecular complexity index is 530. The van der Waals surface area contributed by atoms with Crippen LogP contribution in [0.2, 0.25) is 0 Å². The quantitative estimate of drug-likeness (QED) is 0.502. The molecule has 1 aliphatic heterocycles. The molecule has 2 unspecified atom stereocenters. The first-order valence-electron chi connectivity index (χ1n) is 6.25. The molecule has 2 rings (SSSR count). The molecule has 0 aliphatic carbocycles. The lowest BCUT2D eigenvalue weighted by atomic mass is 10.1. The van der Waals surface area contributed by atoms with Gasteiger partial charge in [0.05, 0.1) is 4.92 Å². The highest BCUT2D eigenvalue weighted by Crippen LogP contribution is 2.27. The van der Waals surface area contributed by atoms with E-state index < -0.39 is 4.92 Å². The predicted molar refractivity (Wildman–Crippen MR) is 71.8 cm³/mol. The van der Waals surface area contributed by atoms with Crippen molar-refractivity contribution in [2.75, 3.05) is 12.3 Å². The number of carbonyl (C=O) groups is 1. The smallest absolute Gasteiger partial charge is 0.292 e. The molecule has 0 aromatic heterocycles. The molecule has 1 saturated heterocycles. The number of likely N-dealkylation sites (tertiary alicyclic amines) is 1. The zero-order valence-corrected chi connectivity index (χ0v) is 11.0. The molecule has 2 atom stereocenters. The van der Waals surface area contributed by atoms with Crippen molar-refractivity contribution in [3.63, 3.8) is 0 Å². The summed E-state index contributed by atoms with van der Waals surface area (Å²) in [6.07, 6.45) is 0.961. The molecule has 0 saturated carbocycles. The summed E-state index contributed by atoms with van der Waals surface area (Å²) in [6, 6.07) is 4.38. The number of nitrogens with zero attached hydrogens (tertiary/aromatic N) is 2. The number of hydrogen-bond acceptors (Lipinski definition) is 4. The Morgan fingerprint density at radius 2 is 2.16 bits per heavy atom. The van der Waals surface area contributed by atoms with E-state index in [-0.39, 0.29) is 23.3 Å². The van der Waals surface area contributed by atoms with Gasteiger partial charge in [-0.15, -0.1) is 0 Å². The third kappa shape index (κ3) is 2.52. The molecule has 0 spiro atoms. The second kappa shape index (κ2) is 4.87. The van der Waals surface area contributed by atoms with Crippen molar-refractivity contribution in [1.29, 1.82) is 0 Å². The van der Waals surface area contributed by atoms with Crippen molar-refractivity contribution in [2.24, 2.45) is 5.92 Å². The van der Waals surface area contributed by atoms with Crippen molar-refractivity contribution < 1.29 is 9.72 Å². The molecular formula is C13H17N3O3. The maximum absolute atomic E-state index is 12.4. The van der Waals surface area contributed by atoms with E-state index in [0.29, 0.717) is 18.0 Å². The highest BCUT2D eigenvalue weighted by Gasteiger charge is 2.31. The fourth-order valence-corrected chi connectivity index (χ4v) is 2.58. The van der Waals surface area contributed by atoms with Crippen LogP contribution < -0.4 is 5.73 Å². The average molecular weight is 263 g/mol. The SMILES string of the molecule is CC1CC(C)N(C(=O)c2ccc(N)c([N+](=O)[O-])c2)C1. The van der Waals surface area contributed by atoms with Gasteiger partial charge in [0.25, 0.3) is 11.6 Å². The van der Waals surface area contributed by atoms with Gasteiger partial charge in [-0.25, -0.2) is 0 Å². The zero-order valence-electron chi connectivity index (χ0n) is 11.0. The molecule has 1 amide bonds. The third-order valence-electron chi connectivity index (χ3n) is 3.52. The van der Waals surface area contributed by atoms with Crippen molar-refractivity contribution in [3.05, 3.63) is 33.9 Å². The summed E-state index contributed by atoms with van der Waals surface area (Å²) in [5.74, 6) is 0.294. The molecular weight excluding hydrogens is 246 g/mol. The van der Waals surface area contributed by atoms with Gasteiger partial charge >= 0.3 is 0 Å². The number of anilines is 1. The monoisotopic (exact) mass is 263 g/mol. The molecule has 1 fully saturated rings. The summed E-state index contributed by atoms with van der Waals surface area (Å²) in [5.41, 5.74) is 5.70. The summed E-state index contributed by atoms with van der Waals surface area (Å²) in [4.78, 5) is 24.4. The van der Waals surface area contributed by atoms with Crippen molar-refractivity contribution in [2.45, 2.75) is 26.3 Å². The molecule has 6 heteroatoms. The van der Waals surface area contributed by atoms with E-state index in [2.05, 4.69) is 6.92 Å². The van der Waals surface area contributed by atoms with Crippen LogP contribution >= 0.6 is 0 Å². The van der Waals surface area contributed by atoms with Gasteiger partial charge in [-0.1, -0.05) is 6.92 Å². The van der Waals surface area contributed by atoms with Crippen LogP contribution in [0.15, 0.2) is 18.2 Å².